The fourth-order valence-corrected chi connectivity index (χ4v) is 5.35. The average molecular weight is 530 g/mol. The van der Waals surface area contributed by atoms with Crippen LogP contribution >= 0.6 is 0 Å². The van der Waals surface area contributed by atoms with E-state index in [4.69, 9.17) is 4.98 Å². The van der Waals surface area contributed by atoms with Gasteiger partial charge in [0.15, 0.2) is 0 Å². The van der Waals surface area contributed by atoms with Gasteiger partial charge >= 0.3 is 0 Å². The number of hydrogen-bond donors (Lipinski definition) is 0. The zero-order valence-electron chi connectivity index (χ0n) is 24.5. The van der Waals surface area contributed by atoms with Crippen LogP contribution in [0.3, 0.4) is 0 Å². The second kappa shape index (κ2) is 11.0. The lowest BCUT2D eigenvalue weighted by molar-refractivity contribution is 1.26. The van der Waals surface area contributed by atoms with E-state index < -0.39 is 0 Å². The fourth-order valence-electron chi connectivity index (χ4n) is 5.35. The lowest BCUT2D eigenvalue weighted by Crippen LogP contribution is -1.93. The van der Waals surface area contributed by atoms with Crippen LogP contribution in [0, 0.1) is 34.6 Å². The molecule has 200 valence electrons. The van der Waals surface area contributed by atoms with Gasteiger partial charge in [0.1, 0.15) is 0 Å². The van der Waals surface area contributed by atoms with E-state index in [1.54, 1.807) is 0 Å². The molecule has 0 N–H and O–H groups in total. The van der Waals surface area contributed by atoms with Gasteiger partial charge in [-0.05, 0) is 96.8 Å². The first-order chi connectivity index (χ1) is 19.8. The summed E-state index contributed by atoms with van der Waals surface area (Å²) in [6, 6.07) is 44.0. The first-order valence-corrected chi connectivity index (χ1v) is 14.3. The number of aromatic nitrogens is 1. The minimum absolute atomic E-state index is 0.978. The predicted octanol–water partition coefficient (Wildman–Crippen LogP) is 11.0. The van der Waals surface area contributed by atoms with Crippen molar-refractivity contribution in [1.82, 2.24) is 4.98 Å². The molecule has 0 radical (unpaired) electrons. The van der Waals surface area contributed by atoms with Crippen molar-refractivity contribution in [3.05, 3.63) is 149 Å². The van der Waals surface area contributed by atoms with Gasteiger partial charge in [0.2, 0.25) is 0 Å². The summed E-state index contributed by atoms with van der Waals surface area (Å²) in [6.45, 7) is 10.8. The normalized spacial score (nSPS) is 11.0. The van der Waals surface area contributed by atoms with E-state index in [0.717, 1.165) is 22.5 Å². The molecular formula is C40H35N. The van der Waals surface area contributed by atoms with Gasteiger partial charge in [-0.25, -0.2) is 4.98 Å². The van der Waals surface area contributed by atoms with Crippen LogP contribution in [0.5, 0.6) is 0 Å². The number of nitrogens with zero attached hydrogens (tertiary/aromatic N) is 1. The van der Waals surface area contributed by atoms with E-state index in [1.165, 1.54) is 61.2 Å². The highest BCUT2D eigenvalue weighted by Crippen LogP contribution is 2.34. The molecule has 0 saturated heterocycles. The molecule has 5 aromatic carbocycles. The van der Waals surface area contributed by atoms with Crippen molar-refractivity contribution in [2.75, 3.05) is 0 Å². The highest BCUT2D eigenvalue weighted by atomic mass is 14.7. The topological polar surface area (TPSA) is 12.9 Å². The number of rotatable bonds is 5. The Bertz CT molecular complexity index is 1690. The molecule has 0 unspecified atom stereocenters. The molecular weight excluding hydrogens is 494 g/mol. The third kappa shape index (κ3) is 5.62. The van der Waals surface area contributed by atoms with Gasteiger partial charge in [0.25, 0.3) is 0 Å². The summed E-state index contributed by atoms with van der Waals surface area (Å²) in [7, 11) is 0. The second-order valence-electron chi connectivity index (χ2n) is 11.2. The Hall–Kier alpha value is -4.75. The molecule has 1 heterocycles. The van der Waals surface area contributed by atoms with Crippen molar-refractivity contribution in [1.29, 1.82) is 0 Å². The van der Waals surface area contributed by atoms with Gasteiger partial charge in [-0.3, -0.25) is 0 Å². The number of aryl methyl sites for hydroxylation is 4. The number of hydrogen-bond acceptors (Lipinski definition) is 1. The van der Waals surface area contributed by atoms with Gasteiger partial charge in [0, 0.05) is 11.1 Å². The predicted molar refractivity (Wildman–Crippen MR) is 175 cm³/mol. The van der Waals surface area contributed by atoms with E-state index >= 15 is 0 Å². The SMILES string of the molecule is Cc1ccc(-c2ccc(-c3cc(-c4cc(C)c(C)c(C)c4)cc(-c4ccc(-c5ccc(C)cc5)cc4)n3)cc2)cc1. The van der Waals surface area contributed by atoms with Crippen LogP contribution in [-0.4, -0.2) is 4.98 Å². The van der Waals surface area contributed by atoms with Crippen molar-refractivity contribution >= 4 is 0 Å². The summed E-state index contributed by atoms with van der Waals surface area (Å²) in [4.78, 5) is 5.19. The molecule has 0 aliphatic rings. The van der Waals surface area contributed by atoms with Crippen molar-refractivity contribution in [3.8, 4) is 55.9 Å². The van der Waals surface area contributed by atoms with Crippen LogP contribution in [-0.2, 0) is 0 Å². The average Bonchev–Trinajstić information content (AvgIpc) is 3.00. The summed E-state index contributed by atoms with van der Waals surface area (Å²) in [5, 5.41) is 0. The van der Waals surface area contributed by atoms with Gasteiger partial charge in [-0.1, -0.05) is 120 Å². The molecule has 0 aliphatic carbocycles. The smallest absolute Gasteiger partial charge is 0.0715 e. The van der Waals surface area contributed by atoms with E-state index in [0.29, 0.717) is 0 Å². The molecule has 6 aromatic rings. The highest BCUT2D eigenvalue weighted by Gasteiger charge is 2.12. The third-order valence-corrected chi connectivity index (χ3v) is 8.22. The van der Waals surface area contributed by atoms with Gasteiger partial charge < -0.3 is 0 Å². The summed E-state index contributed by atoms with van der Waals surface area (Å²) in [6.07, 6.45) is 0. The van der Waals surface area contributed by atoms with Crippen molar-refractivity contribution in [3.63, 3.8) is 0 Å². The maximum atomic E-state index is 5.19. The Morgan fingerprint density at radius 2 is 0.610 bits per heavy atom. The van der Waals surface area contributed by atoms with Crippen LogP contribution in [0.15, 0.2) is 121 Å². The molecule has 1 aromatic heterocycles. The van der Waals surface area contributed by atoms with E-state index in [-0.39, 0.29) is 0 Å². The first-order valence-electron chi connectivity index (χ1n) is 14.3. The van der Waals surface area contributed by atoms with Gasteiger partial charge in [-0.15, -0.1) is 0 Å². The van der Waals surface area contributed by atoms with Crippen LogP contribution < -0.4 is 0 Å². The van der Waals surface area contributed by atoms with Crippen LogP contribution in [0.1, 0.15) is 27.8 Å². The van der Waals surface area contributed by atoms with Crippen LogP contribution in [0.2, 0.25) is 0 Å². The number of pyridine rings is 1. The van der Waals surface area contributed by atoms with Crippen molar-refractivity contribution < 1.29 is 0 Å². The maximum absolute atomic E-state index is 5.19. The lowest BCUT2D eigenvalue weighted by Gasteiger charge is -2.14. The molecule has 0 saturated carbocycles. The molecule has 0 aliphatic heterocycles. The van der Waals surface area contributed by atoms with Crippen molar-refractivity contribution in [2.45, 2.75) is 34.6 Å². The van der Waals surface area contributed by atoms with Gasteiger partial charge in [-0.2, -0.15) is 0 Å². The molecule has 0 atom stereocenters. The third-order valence-electron chi connectivity index (χ3n) is 8.22. The maximum Gasteiger partial charge on any atom is 0.0715 e. The molecule has 0 amide bonds. The van der Waals surface area contributed by atoms with Gasteiger partial charge in [0.05, 0.1) is 11.4 Å². The fraction of sp³-hybridized carbons (Fsp3) is 0.125. The van der Waals surface area contributed by atoms with Crippen LogP contribution in [0.4, 0.5) is 0 Å². The second-order valence-corrected chi connectivity index (χ2v) is 11.2. The molecule has 1 heteroatoms. The molecule has 0 bridgehead atoms. The zero-order chi connectivity index (χ0) is 28.5. The molecule has 0 fully saturated rings. The monoisotopic (exact) mass is 529 g/mol. The molecule has 1 nitrogen and oxygen atoms in total. The minimum atomic E-state index is 0.978. The summed E-state index contributed by atoms with van der Waals surface area (Å²) < 4.78 is 0. The molecule has 41 heavy (non-hydrogen) atoms. The Morgan fingerprint density at radius 3 is 0.976 bits per heavy atom. The zero-order valence-corrected chi connectivity index (χ0v) is 24.5. The van der Waals surface area contributed by atoms with Crippen molar-refractivity contribution in [2.24, 2.45) is 0 Å². The minimum Gasteiger partial charge on any atom is -0.248 e. The summed E-state index contributed by atoms with van der Waals surface area (Å²) >= 11 is 0. The summed E-state index contributed by atoms with van der Waals surface area (Å²) in [5.41, 5.74) is 18.0. The highest BCUT2D eigenvalue weighted by molar-refractivity contribution is 5.79. The first kappa shape index (κ1) is 26.5. The standard InChI is InChI=1S/C40H35N/c1-26-6-10-31(11-7-26)33-14-18-35(19-15-33)39-24-38(37-22-28(3)30(5)29(4)23-37)25-40(41-39)36-20-16-34(17-21-36)32-12-8-27(2)9-13-32/h6-25H,1-5H3. The summed E-state index contributed by atoms with van der Waals surface area (Å²) in [5.74, 6) is 0. The number of benzene rings is 5. The Kier molecular flexibility index (Phi) is 7.12. The Labute approximate surface area is 244 Å². The Balaban J connectivity index is 1.43. The molecule has 0 spiro atoms. The van der Waals surface area contributed by atoms with E-state index in [9.17, 15) is 0 Å². The Morgan fingerprint density at radius 1 is 0.317 bits per heavy atom. The molecule has 6 rings (SSSR count). The largest absolute Gasteiger partial charge is 0.248 e. The van der Waals surface area contributed by atoms with Crippen LogP contribution in [0.25, 0.3) is 55.9 Å². The quantitative estimate of drug-likeness (QED) is 0.216. The lowest BCUT2D eigenvalue weighted by atomic mass is 9.94. The van der Waals surface area contributed by atoms with E-state index in [2.05, 4.69) is 156 Å². The van der Waals surface area contributed by atoms with E-state index in [1.807, 2.05) is 0 Å².